The molecule has 1 aliphatic heterocycles. The topological polar surface area (TPSA) is 105 Å². The minimum absolute atomic E-state index is 0.0454. The first-order chi connectivity index (χ1) is 21.7. The number of ether oxygens (including phenoxy) is 1. The lowest BCUT2D eigenvalue weighted by molar-refractivity contribution is -0.121. The zero-order chi connectivity index (χ0) is 31.9. The zero-order valence-corrected chi connectivity index (χ0v) is 26.3. The van der Waals surface area contributed by atoms with Crippen molar-refractivity contribution in [1.29, 1.82) is 0 Å². The van der Waals surface area contributed by atoms with Crippen LogP contribution in [0, 0.1) is 0 Å². The molecule has 5 rings (SSSR count). The molecule has 0 aliphatic carbocycles. The molecule has 1 unspecified atom stereocenters. The largest absolute Gasteiger partial charge is 0.494 e. The molecule has 4 amide bonds. The summed E-state index contributed by atoms with van der Waals surface area (Å²) in [6.45, 7) is 2.40. The van der Waals surface area contributed by atoms with Crippen LogP contribution in [0.25, 0.3) is 6.08 Å². The number of imide groups is 1. The fourth-order valence-corrected chi connectivity index (χ4v) is 5.95. The monoisotopic (exact) mass is 659 g/mol. The molecule has 45 heavy (non-hydrogen) atoms. The Morgan fingerprint density at radius 2 is 1.64 bits per heavy atom. The molecule has 228 valence electrons. The van der Waals surface area contributed by atoms with E-state index in [2.05, 4.69) is 10.6 Å². The summed E-state index contributed by atoms with van der Waals surface area (Å²) in [5.41, 5.74) is 1.72. The number of benzene rings is 4. The second-order valence-corrected chi connectivity index (χ2v) is 11.9. The van der Waals surface area contributed by atoms with Crippen molar-refractivity contribution < 1.29 is 23.9 Å². The molecular formula is C34H27Cl2N3O5S. The van der Waals surface area contributed by atoms with Crippen LogP contribution < -0.4 is 20.3 Å². The van der Waals surface area contributed by atoms with Crippen LogP contribution in [0.4, 0.5) is 11.4 Å². The predicted octanol–water partition coefficient (Wildman–Crippen LogP) is 7.23. The van der Waals surface area contributed by atoms with Crippen LogP contribution in [0.1, 0.15) is 29.3 Å². The van der Waals surface area contributed by atoms with Gasteiger partial charge in [-0.1, -0.05) is 53.5 Å². The van der Waals surface area contributed by atoms with Crippen molar-refractivity contribution >= 4 is 76.0 Å². The molecule has 1 heterocycles. The van der Waals surface area contributed by atoms with Gasteiger partial charge < -0.3 is 15.4 Å². The van der Waals surface area contributed by atoms with Crippen LogP contribution in [-0.4, -0.2) is 35.5 Å². The third-order valence-electron chi connectivity index (χ3n) is 6.71. The van der Waals surface area contributed by atoms with Crippen molar-refractivity contribution in [3.8, 4) is 5.75 Å². The molecule has 1 atom stereocenters. The summed E-state index contributed by atoms with van der Waals surface area (Å²) in [6, 6.07) is 27.2. The van der Waals surface area contributed by atoms with Crippen LogP contribution in [0.3, 0.4) is 0 Å². The summed E-state index contributed by atoms with van der Waals surface area (Å²) < 4.78 is 5.44. The SMILES string of the molecule is CCOc1ccc(N2C(=O)CC(Sc3ccc(NC(=O)/C(=C/c4cccc(Cl)c4Cl)NC(=O)c4ccccc4)cc3)C2=O)cc1. The van der Waals surface area contributed by atoms with Gasteiger partial charge in [0.15, 0.2) is 0 Å². The molecule has 2 N–H and O–H groups in total. The first-order valence-electron chi connectivity index (χ1n) is 13.9. The van der Waals surface area contributed by atoms with Crippen molar-refractivity contribution in [2.75, 3.05) is 16.8 Å². The average molecular weight is 661 g/mol. The number of hydrogen-bond donors (Lipinski definition) is 2. The highest BCUT2D eigenvalue weighted by atomic mass is 35.5. The Morgan fingerprint density at radius 1 is 0.933 bits per heavy atom. The summed E-state index contributed by atoms with van der Waals surface area (Å²) in [6.07, 6.45) is 1.52. The Bertz CT molecular complexity index is 1760. The van der Waals surface area contributed by atoms with E-state index in [1.54, 1.807) is 97.1 Å². The van der Waals surface area contributed by atoms with Crippen LogP contribution in [-0.2, 0) is 14.4 Å². The number of halogens is 2. The lowest BCUT2D eigenvalue weighted by atomic mass is 10.1. The van der Waals surface area contributed by atoms with Crippen molar-refractivity contribution in [3.63, 3.8) is 0 Å². The van der Waals surface area contributed by atoms with Gasteiger partial charge in [0.25, 0.3) is 11.8 Å². The van der Waals surface area contributed by atoms with E-state index >= 15 is 0 Å². The molecular weight excluding hydrogens is 633 g/mol. The first-order valence-corrected chi connectivity index (χ1v) is 15.6. The van der Waals surface area contributed by atoms with Crippen LogP contribution in [0.2, 0.25) is 10.0 Å². The summed E-state index contributed by atoms with van der Waals surface area (Å²) >= 11 is 13.8. The number of rotatable bonds is 10. The Kier molecular flexibility index (Phi) is 10.2. The third-order valence-corrected chi connectivity index (χ3v) is 8.74. The normalized spacial score (nSPS) is 14.8. The third kappa shape index (κ3) is 7.75. The van der Waals surface area contributed by atoms with E-state index in [4.69, 9.17) is 27.9 Å². The van der Waals surface area contributed by atoms with Gasteiger partial charge in [0, 0.05) is 22.6 Å². The number of amides is 4. The van der Waals surface area contributed by atoms with Gasteiger partial charge in [0.2, 0.25) is 11.8 Å². The average Bonchev–Trinajstić information content (AvgIpc) is 3.32. The molecule has 0 spiro atoms. The molecule has 11 heteroatoms. The lowest BCUT2D eigenvalue weighted by Crippen LogP contribution is -2.31. The van der Waals surface area contributed by atoms with Crippen molar-refractivity contribution in [2.24, 2.45) is 0 Å². The number of nitrogens with zero attached hydrogens (tertiary/aromatic N) is 1. The Balaban J connectivity index is 1.28. The second-order valence-electron chi connectivity index (χ2n) is 9.80. The summed E-state index contributed by atoms with van der Waals surface area (Å²) in [5.74, 6) is -0.972. The molecule has 8 nitrogen and oxygen atoms in total. The highest BCUT2D eigenvalue weighted by Gasteiger charge is 2.40. The number of anilines is 2. The minimum atomic E-state index is -0.588. The Labute approximate surface area is 274 Å². The van der Waals surface area contributed by atoms with E-state index < -0.39 is 17.1 Å². The van der Waals surface area contributed by atoms with Gasteiger partial charge in [-0.2, -0.15) is 0 Å². The predicted molar refractivity (Wildman–Crippen MR) is 178 cm³/mol. The lowest BCUT2D eigenvalue weighted by Gasteiger charge is -2.15. The van der Waals surface area contributed by atoms with Gasteiger partial charge in [-0.15, -0.1) is 11.8 Å². The molecule has 0 aromatic heterocycles. The number of hydrogen-bond acceptors (Lipinski definition) is 6. The van der Waals surface area contributed by atoms with E-state index in [1.165, 1.54) is 22.7 Å². The van der Waals surface area contributed by atoms with E-state index in [0.717, 1.165) is 4.90 Å². The second kappa shape index (κ2) is 14.5. The molecule has 0 saturated carbocycles. The van der Waals surface area contributed by atoms with E-state index in [-0.39, 0.29) is 29.0 Å². The highest BCUT2D eigenvalue weighted by molar-refractivity contribution is 8.00. The number of carbonyl (C=O) groups is 4. The Morgan fingerprint density at radius 3 is 2.33 bits per heavy atom. The number of thioether (sulfide) groups is 1. The molecule has 0 bridgehead atoms. The summed E-state index contributed by atoms with van der Waals surface area (Å²) in [5, 5.41) is 5.40. The molecule has 0 radical (unpaired) electrons. The smallest absolute Gasteiger partial charge is 0.272 e. The molecule has 4 aromatic carbocycles. The fraction of sp³-hybridized carbons (Fsp3) is 0.118. The van der Waals surface area contributed by atoms with Crippen LogP contribution in [0.15, 0.2) is 108 Å². The molecule has 4 aromatic rings. The van der Waals surface area contributed by atoms with Crippen LogP contribution in [0.5, 0.6) is 5.75 Å². The van der Waals surface area contributed by atoms with Crippen molar-refractivity contribution in [2.45, 2.75) is 23.5 Å². The number of nitrogens with one attached hydrogen (secondary N) is 2. The molecule has 1 aliphatic rings. The minimum Gasteiger partial charge on any atom is -0.494 e. The first kappa shape index (κ1) is 31.8. The maximum atomic E-state index is 13.4. The highest BCUT2D eigenvalue weighted by Crippen LogP contribution is 2.35. The van der Waals surface area contributed by atoms with E-state index in [9.17, 15) is 19.2 Å². The van der Waals surface area contributed by atoms with E-state index in [0.29, 0.717) is 39.9 Å². The van der Waals surface area contributed by atoms with Gasteiger partial charge in [0.05, 0.1) is 27.6 Å². The maximum Gasteiger partial charge on any atom is 0.272 e. The summed E-state index contributed by atoms with van der Waals surface area (Å²) in [7, 11) is 0. The van der Waals surface area contributed by atoms with Gasteiger partial charge in [-0.05, 0) is 85.3 Å². The fourth-order valence-electron chi connectivity index (χ4n) is 4.53. The zero-order valence-electron chi connectivity index (χ0n) is 24.0. The van der Waals surface area contributed by atoms with Crippen molar-refractivity contribution in [3.05, 3.63) is 124 Å². The molecule has 1 saturated heterocycles. The van der Waals surface area contributed by atoms with Crippen molar-refractivity contribution in [1.82, 2.24) is 5.32 Å². The standard InChI is InChI=1S/C34H27Cl2N3O5S/c1-2-44-25-15-13-24(14-16-25)39-30(40)20-29(34(39)43)45-26-17-11-23(12-18-26)37-33(42)28(19-22-9-6-10-27(35)31(22)36)38-32(41)21-7-4-3-5-8-21/h3-19,29H,2,20H2,1H3,(H,37,42)(H,38,41)/b28-19-. The van der Waals surface area contributed by atoms with Gasteiger partial charge in [-0.25, -0.2) is 4.90 Å². The summed E-state index contributed by atoms with van der Waals surface area (Å²) in [4.78, 5) is 54.1. The van der Waals surface area contributed by atoms with Crippen LogP contribution >= 0.6 is 35.0 Å². The number of carbonyl (C=O) groups excluding carboxylic acids is 4. The maximum absolute atomic E-state index is 13.4. The van der Waals surface area contributed by atoms with Gasteiger partial charge in [-0.3, -0.25) is 19.2 Å². The Hall–Kier alpha value is -4.57. The quantitative estimate of drug-likeness (QED) is 0.138. The van der Waals surface area contributed by atoms with Gasteiger partial charge in [0.1, 0.15) is 11.4 Å². The van der Waals surface area contributed by atoms with Gasteiger partial charge >= 0.3 is 0 Å². The molecule has 1 fully saturated rings. The van der Waals surface area contributed by atoms with E-state index in [1.807, 2.05) is 6.92 Å².